The van der Waals surface area contributed by atoms with Crippen LogP contribution in [-0.4, -0.2) is 46.6 Å². The number of rotatable bonds is 4. The van der Waals surface area contributed by atoms with Crippen molar-refractivity contribution >= 4 is 36.0 Å². The summed E-state index contributed by atoms with van der Waals surface area (Å²) in [4.78, 5) is 15.8. The van der Waals surface area contributed by atoms with Crippen LogP contribution in [0, 0.1) is 5.82 Å². The molecule has 8 heteroatoms. The highest BCUT2D eigenvalue weighted by Crippen LogP contribution is 2.24. The molecule has 2 rings (SSSR count). The fourth-order valence-electron chi connectivity index (χ4n) is 1.76. The minimum atomic E-state index is -0.404. The average molecular weight is 316 g/mol. The number of benzene rings is 1. The predicted octanol–water partition coefficient (Wildman–Crippen LogP) is 1.38. The number of amides is 1. The lowest BCUT2D eigenvalue weighted by molar-refractivity contribution is -0.122. The van der Waals surface area contributed by atoms with Crippen LogP contribution < -0.4 is 10.9 Å². The first-order valence-corrected chi connectivity index (χ1v) is 7.64. The van der Waals surface area contributed by atoms with E-state index < -0.39 is 5.82 Å². The second kappa shape index (κ2) is 7.16. The van der Waals surface area contributed by atoms with Gasteiger partial charge in [-0.1, -0.05) is 12.1 Å². The maximum Gasteiger partial charge on any atom is 0.252 e. The van der Waals surface area contributed by atoms with Crippen LogP contribution in [0.5, 0.6) is 0 Å². The highest BCUT2D eigenvalue weighted by molar-refractivity contribution is 8.10. The second-order valence-corrected chi connectivity index (χ2v) is 6.38. The van der Waals surface area contributed by atoms with Gasteiger partial charge in [0.05, 0.1) is 18.9 Å². The molecule has 1 unspecified atom stereocenters. The number of halogens is 1. The lowest BCUT2D eigenvalue weighted by atomic mass is 10.3. The zero-order valence-electron chi connectivity index (χ0n) is 11.0. The van der Waals surface area contributed by atoms with Gasteiger partial charge in [-0.25, -0.2) is 4.39 Å². The van der Waals surface area contributed by atoms with Crippen LogP contribution in [0.4, 0.5) is 10.1 Å². The van der Waals surface area contributed by atoms with Gasteiger partial charge in [-0.05, 0) is 19.2 Å². The Morgan fingerprint density at radius 2 is 2.30 bits per heavy atom. The summed E-state index contributed by atoms with van der Waals surface area (Å²) in [6.45, 7) is 0.924. The van der Waals surface area contributed by atoms with E-state index in [9.17, 15) is 9.18 Å². The third-order valence-electron chi connectivity index (χ3n) is 2.78. The molecule has 0 bridgehead atoms. The highest BCUT2D eigenvalue weighted by atomic mass is 32.2. The van der Waals surface area contributed by atoms with Gasteiger partial charge in [-0.2, -0.15) is 0 Å². The summed E-state index contributed by atoms with van der Waals surface area (Å²) in [6, 6.07) is 6.18. The van der Waals surface area contributed by atoms with Crippen molar-refractivity contribution in [2.24, 2.45) is 0 Å². The molecule has 20 heavy (non-hydrogen) atoms. The van der Waals surface area contributed by atoms with E-state index in [-0.39, 0.29) is 22.8 Å². The third-order valence-corrected chi connectivity index (χ3v) is 4.80. The Labute approximate surface area is 127 Å². The first-order valence-electron chi connectivity index (χ1n) is 6.08. The molecule has 110 valence electrons. The molecule has 0 spiro atoms. The largest absolute Gasteiger partial charge is 0.296 e. The van der Waals surface area contributed by atoms with Crippen molar-refractivity contribution in [1.29, 1.82) is 0 Å². The van der Waals surface area contributed by atoms with Crippen molar-refractivity contribution in [3.05, 3.63) is 30.1 Å². The van der Waals surface area contributed by atoms with E-state index in [2.05, 4.69) is 23.5 Å². The summed E-state index contributed by atoms with van der Waals surface area (Å²) in [5.41, 5.74) is 5.33. The molecular formula is C12H17FN4OS2. The minimum Gasteiger partial charge on any atom is -0.296 e. The number of hydrogen-bond acceptors (Lipinski definition) is 6. The number of anilines is 1. The van der Waals surface area contributed by atoms with E-state index in [1.165, 1.54) is 6.07 Å². The van der Waals surface area contributed by atoms with Crippen LogP contribution in [0.3, 0.4) is 0 Å². The van der Waals surface area contributed by atoms with E-state index in [4.69, 9.17) is 0 Å². The molecule has 0 aliphatic carbocycles. The van der Waals surface area contributed by atoms with Gasteiger partial charge in [0.15, 0.2) is 0 Å². The molecule has 1 saturated heterocycles. The van der Waals surface area contributed by atoms with Crippen molar-refractivity contribution in [2.45, 2.75) is 4.71 Å². The van der Waals surface area contributed by atoms with E-state index >= 15 is 0 Å². The molecule has 0 saturated carbocycles. The van der Waals surface area contributed by atoms with Gasteiger partial charge >= 0.3 is 0 Å². The SMILES string of the molecule is CN1CN(CC(=O)NNc2ccccc2F)CSC1S. The first kappa shape index (κ1) is 15.4. The van der Waals surface area contributed by atoms with Crippen LogP contribution >= 0.6 is 24.4 Å². The standard InChI is InChI=1S/C12H17FN4OS2/c1-16-7-17(8-20-12(16)19)6-11(18)15-14-10-5-3-2-4-9(10)13/h2-5,12,14,19H,6-8H2,1H3,(H,15,18). The molecule has 1 atom stereocenters. The summed E-state index contributed by atoms with van der Waals surface area (Å²) >= 11 is 6.04. The fraction of sp³-hybridized carbons (Fsp3) is 0.417. The van der Waals surface area contributed by atoms with Gasteiger partial charge in [-0.15, -0.1) is 24.4 Å². The van der Waals surface area contributed by atoms with Crippen molar-refractivity contribution in [3.63, 3.8) is 0 Å². The fourth-order valence-corrected chi connectivity index (χ4v) is 2.87. The van der Waals surface area contributed by atoms with Gasteiger partial charge in [-0.3, -0.25) is 25.4 Å². The predicted molar refractivity (Wildman–Crippen MR) is 82.7 cm³/mol. The molecule has 1 heterocycles. The molecular weight excluding hydrogens is 299 g/mol. The van der Waals surface area contributed by atoms with Crippen molar-refractivity contribution < 1.29 is 9.18 Å². The van der Waals surface area contributed by atoms with Gasteiger partial charge < -0.3 is 0 Å². The van der Waals surface area contributed by atoms with E-state index in [0.717, 1.165) is 5.88 Å². The Kier molecular flexibility index (Phi) is 5.53. The molecule has 0 radical (unpaired) electrons. The number of thiol groups is 1. The molecule has 1 fully saturated rings. The maximum absolute atomic E-state index is 13.4. The minimum absolute atomic E-state index is 0.158. The lowest BCUT2D eigenvalue weighted by Crippen LogP contribution is -2.48. The molecule has 1 amide bonds. The van der Waals surface area contributed by atoms with Gasteiger partial charge in [0.2, 0.25) is 0 Å². The van der Waals surface area contributed by atoms with Gasteiger partial charge in [0, 0.05) is 5.88 Å². The zero-order valence-corrected chi connectivity index (χ0v) is 12.8. The monoisotopic (exact) mass is 316 g/mol. The summed E-state index contributed by atoms with van der Waals surface area (Å²) in [7, 11) is 1.95. The Morgan fingerprint density at radius 3 is 3.00 bits per heavy atom. The molecule has 1 aromatic carbocycles. The number of carbonyl (C=O) groups excluding carboxylic acids is 1. The summed E-state index contributed by atoms with van der Waals surface area (Å²) in [5.74, 6) is 0.130. The molecule has 0 aromatic heterocycles. The van der Waals surface area contributed by atoms with Crippen LogP contribution in [0.25, 0.3) is 0 Å². The Hall–Kier alpha value is -0.960. The lowest BCUT2D eigenvalue weighted by Gasteiger charge is -2.36. The quantitative estimate of drug-likeness (QED) is 0.579. The van der Waals surface area contributed by atoms with E-state index in [0.29, 0.717) is 6.67 Å². The molecule has 5 nitrogen and oxygen atoms in total. The summed E-state index contributed by atoms with van der Waals surface area (Å²) in [5, 5.41) is 0. The Bertz CT molecular complexity index is 477. The van der Waals surface area contributed by atoms with Crippen LogP contribution in [0.2, 0.25) is 0 Å². The molecule has 1 aliphatic heterocycles. The number of hydrogen-bond donors (Lipinski definition) is 3. The smallest absolute Gasteiger partial charge is 0.252 e. The van der Waals surface area contributed by atoms with E-state index in [1.807, 2.05) is 16.8 Å². The normalized spacial score (nSPS) is 20.6. The number of nitrogens with zero attached hydrogens (tertiary/aromatic N) is 2. The number of nitrogens with one attached hydrogen (secondary N) is 2. The summed E-state index contributed by atoms with van der Waals surface area (Å²) < 4.78 is 13.5. The second-order valence-electron chi connectivity index (χ2n) is 4.50. The number of hydrazine groups is 1. The van der Waals surface area contributed by atoms with Crippen LogP contribution in [0.15, 0.2) is 24.3 Å². The van der Waals surface area contributed by atoms with Crippen molar-refractivity contribution in [1.82, 2.24) is 15.2 Å². The Morgan fingerprint density at radius 1 is 1.55 bits per heavy atom. The molecule has 1 aromatic rings. The van der Waals surface area contributed by atoms with E-state index in [1.54, 1.807) is 30.0 Å². The van der Waals surface area contributed by atoms with Crippen LogP contribution in [-0.2, 0) is 4.79 Å². The maximum atomic E-state index is 13.4. The number of para-hydroxylation sites is 1. The first-order chi connectivity index (χ1) is 9.56. The average Bonchev–Trinajstić information content (AvgIpc) is 2.42. The van der Waals surface area contributed by atoms with Crippen molar-refractivity contribution in [3.8, 4) is 0 Å². The topological polar surface area (TPSA) is 47.6 Å². The summed E-state index contributed by atoms with van der Waals surface area (Å²) in [6.07, 6.45) is 0. The number of carbonyl (C=O) groups is 1. The molecule has 1 aliphatic rings. The van der Waals surface area contributed by atoms with Crippen molar-refractivity contribution in [2.75, 3.05) is 31.6 Å². The van der Waals surface area contributed by atoms with Gasteiger partial charge in [0.25, 0.3) is 5.91 Å². The third kappa shape index (κ3) is 4.27. The Balaban J connectivity index is 1.77. The number of thioether (sulfide) groups is 1. The van der Waals surface area contributed by atoms with Crippen LogP contribution in [0.1, 0.15) is 0 Å². The van der Waals surface area contributed by atoms with Gasteiger partial charge in [0.1, 0.15) is 10.5 Å². The zero-order chi connectivity index (χ0) is 14.5. The highest BCUT2D eigenvalue weighted by Gasteiger charge is 2.22. The molecule has 2 N–H and O–H groups in total.